The minimum absolute atomic E-state index is 0.775. The third-order valence-electron chi connectivity index (χ3n) is 2.90. The summed E-state index contributed by atoms with van der Waals surface area (Å²) >= 11 is 0. The Morgan fingerprint density at radius 1 is 1.35 bits per heavy atom. The van der Waals surface area contributed by atoms with Crippen LogP contribution in [-0.4, -0.2) is 59.8 Å². The third-order valence-corrected chi connectivity index (χ3v) is 2.90. The molecule has 0 unspecified atom stereocenters. The van der Waals surface area contributed by atoms with Gasteiger partial charge in [0.1, 0.15) is 0 Å². The molecule has 2 rings (SSSR count). The molecule has 0 aliphatic carbocycles. The second kappa shape index (κ2) is 6.68. The van der Waals surface area contributed by atoms with Crippen molar-refractivity contribution in [1.82, 2.24) is 25.2 Å². The maximum atomic E-state index is 5.43. The number of rotatable bonds is 5. The Hall–Kier alpha value is -0.980. The summed E-state index contributed by atoms with van der Waals surface area (Å²) in [5, 5.41) is 11.3. The SMILES string of the molecule is CNCc1cn(CCN2CCCOCC2)nn1. The second-order valence-corrected chi connectivity index (χ2v) is 4.31. The topological polar surface area (TPSA) is 55.2 Å². The van der Waals surface area contributed by atoms with Gasteiger partial charge < -0.3 is 10.1 Å². The van der Waals surface area contributed by atoms with Crippen molar-refractivity contribution in [3.63, 3.8) is 0 Å². The molecule has 0 radical (unpaired) electrons. The molecule has 0 aromatic carbocycles. The first-order chi connectivity index (χ1) is 8.38. The maximum absolute atomic E-state index is 5.43. The standard InChI is InChI=1S/C11H21N5O/c1-12-9-11-10-16(14-13-11)5-4-15-3-2-7-17-8-6-15/h10,12H,2-9H2,1H3. The average Bonchev–Trinajstić information content (AvgIpc) is 2.63. The Morgan fingerprint density at radius 3 is 3.18 bits per heavy atom. The fourth-order valence-corrected chi connectivity index (χ4v) is 1.98. The van der Waals surface area contributed by atoms with Crippen molar-refractivity contribution in [1.29, 1.82) is 0 Å². The Morgan fingerprint density at radius 2 is 2.29 bits per heavy atom. The van der Waals surface area contributed by atoms with E-state index in [1.165, 1.54) is 0 Å². The van der Waals surface area contributed by atoms with Gasteiger partial charge in [0.15, 0.2) is 0 Å². The van der Waals surface area contributed by atoms with Crippen molar-refractivity contribution in [2.75, 3.05) is 39.9 Å². The van der Waals surface area contributed by atoms with Crippen molar-refractivity contribution in [3.8, 4) is 0 Å². The first-order valence-corrected chi connectivity index (χ1v) is 6.22. The quantitative estimate of drug-likeness (QED) is 0.766. The molecule has 1 aromatic heterocycles. The largest absolute Gasteiger partial charge is 0.380 e. The number of hydrogen-bond acceptors (Lipinski definition) is 5. The van der Waals surface area contributed by atoms with E-state index in [1.54, 1.807) is 0 Å². The molecule has 1 saturated heterocycles. The van der Waals surface area contributed by atoms with Gasteiger partial charge in [-0.25, -0.2) is 0 Å². The lowest BCUT2D eigenvalue weighted by Gasteiger charge is -2.18. The lowest BCUT2D eigenvalue weighted by Crippen LogP contribution is -2.30. The molecule has 1 aliphatic heterocycles. The highest BCUT2D eigenvalue weighted by Gasteiger charge is 2.09. The summed E-state index contributed by atoms with van der Waals surface area (Å²) in [5.74, 6) is 0. The molecule has 6 nitrogen and oxygen atoms in total. The van der Waals surface area contributed by atoms with Crippen LogP contribution in [0.1, 0.15) is 12.1 Å². The molecule has 0 saturated carbocycles. The maximum Gasteiger partial charge on any atom is 0.0964 e. The summed E-state index contributed by atoms with van der Waals surface area (Å²) in [4.78, 5) is 2.42. The third kappa shape index (κ3) is 4.07. The van der Waals surface area contributed by atoms with Crippen molar-refractivity contribution in [2.45, 2.75) is 19.5 Å². The summed E-state index contributed by atoms with van der Waals surface area (Å²) in [6.45, 7) is 6.59. The predicted octanol–water partition coefficient (Wildman–Crippen LogP) is -0.280. The zero-order chi connectivity index (χ0) is 11.9. The molecule has 0 bridgehead atoms. The van der Waals surface area contributed by atoms with Crippen LogP contribution in [-0.2, 0) is 17.8 Å². The van der Waals surface area contributed by atoms with E-state index in [0.29, 0.717) is 0 Å². The van der Waals surface area contributed by atoms with Gasteiger partial charge in [-0.05, 0) is 13.5 Å². The van der Waals surface area contributed by atoms with Gasteiger partial charge >= 0.3 is 0 Å². The Labute approximate surface area is 102 Å². The van der Waals surface area contributed by atoms with Gasteiger partial charge in [-0.2, -0.15) is 0 Å². The van der Waals surface area contributed by atoms with Gasteiger partial charge in [0, 0.05) is 39.0 Å². The molecule has 1 aromatic rings. The Balaban J connectivity index is 1.75. The van der Waals surface area contributed by atoms with Crippen LogP contribution in [0.25, 0.3) is 0 Å². The highest BCUT2D eigenvalue weighted by Crippen LogP contribution is 2.00. The molecule has 0 spiro atoms. The van der Waals surface area contributed by atoms with Crippen LogP contribution in [0, 0.1) is 0 Å². The summed E-state index contributed by atoms with van der Waals surface area (Å²) in [5.41, 5.74) is 0.992. The summed E-state index contributed by atoms with van der Waals surface area (Å²) in [6, 6.07) is 0. The lowest BCUT2D eigenvalue weighted by atomic mass is 10.4. The van der Waals surface area contributed by atoms with Crippen LogP contribution in [0.15, 0.2) is 6.20 Å². The second-order valence-electron chi connectivity index (χ2n) is 4.31. The molecule has 1 N–H and O–H groups in total. The molecular formula is C11H21N5O. The number of ether oxygens (including phenoxy) is 1. The highest BCUT2D eigenvalue weighted by molar-refractivity contribution is 4.91. The first kappa shape index (κ1) is 12.5. The molecule has 0 atom stereocenters. The fraction of sp³-hybridized carbons (Fsp3) is 0.818. The predicted molar refractivity (Wildman–Crippen MR) is 64.7 cm³/mol. The smallest absolute Gasteiger partial charge is 0.0964 e. The van der Waals surface area contributed by atoms with E-state index >= 15 is 0 Å². The van der Waals surface area contributed by atoms with Crippen LogP contribution in [0.5, 0.6) is 0 Å². The van der Waals surface area contributed by atoms with Crippen LogP contribution < -0.4 is 5.32 Å². The van der Waals surface area contributed by atoms with Crippen molar-refractivity contribution < 1.29 is 4.74 Å². The molecule has 2 heterocycles. The van der Waals surface area contributed by atoms with Crippen molar-refractivity contribution in [2.24, 2.45) is 0 Å². The van der Waals surface area contributed by atoms with E-state index in [4.69, 9.17) is 4.74 Å². The number of nitrogens with one attached hydrogen (secondary N) is 1. The zero-order valence-corrected chi connectivity index (χ0v) is 10.4. The van der Waals surface area contributed by atoms with Gasteiger partial charge in [0.2, 0.25) is 0 Å². The van der Waals surface area contributed by atoms with E-state index < -0.39 is 0 Å². The first-order valence-electron chi connectivity index (χ1n) is 6.22. The summed E-state index contributed by atoms with van der Waals surface area (Å²) < 4.78 is 7.34. The van der Waals surface area contributed by atoms with E-state index in [1.807, 2.05) is 17.9 Å². The van der Waals surface area contributed by atoms with E-state index in [-0.39, 0.29) is 0 Å². The van der Waals surface area contributed by atoms with Crippen LogP contribution in [0.4, 0.5) is 0 Å². The van der Waals surface area contributed by atoms with Crippen molar-refractivity contribution >= 4 is 0 Å². The average molecular weight is 239 g/mol. The molecule has 0 amide bonds. The summed E-state index contributed by atoms with van der Waals surface area (Å²) in [7, 11) is 1.91. The van der Waals surface area contributed by atoms with Crippen LogP contribution in [0.3, 0.4) is 0 Å². The van der Waals surface area contributed by atoms with Gasteiger partial charge in [0.05, 0.1) is 18.8 Å². The molecule has 17 heavy (non-hydrogen) atoms. The highest BCUT2D eigenvalue weighted by atomic mass is 16.5. The molecular weight excluding hydrogens is 218 g/mol. The lowest BCUT2D eigenvalue weighted by molar-refractivity contribution is 0.140. The van der Waals surface area contributed by atoms with E-state index in [2.05, 4.69) is 20.5 Å². The molecule has 96 valence electrons. The van der Waals surface area contributed by atoms with Gasteiger partial charge in [0.25, 0.3) is 0 Å². The van der Waals surface area contributed by atoms with E-state index in [0.717, 1.165) is 58.1 Å². The minimum atomic E-state index is 0.775. The molecule has 6 heteroatoms. The number of hydrogen-bond donors (Lipinski definition) is 1. The normalized spacial score (nSPS) is 18.2. The van der Waals surface area contributed by atoms with Gasteiger partial charge in [-0.3, -0.25) is 9.58 Å². The fourth-order valence-electron chi connectivity index (χ4n) is 1.98. The number of nitrogens with zero attached hydrogens (tertiary/aromatic N) is 4. The number of aromatic nitrogens is 3. The molecule has 1 fully saturated rings. The van der Waals surface area contributed by atoms with Gasteiger partial charge in [-0.1, -0.05) is 5.21 Å². The van der Waals surface area contributed by atoms with Crippen LogP contribution >= 0.6 is 0 Å². The van der Waals surface area contributed by atoms with E-state index in [9.17, 15) is 0 Å². The molecule has 1 aliphatic rings. The Bertz CT molecular complexity index is 319. The monoisotopic (exact) mass is 239 g/mol. The van der Waals surface area contributed by atoms with Crippen LogP contribution in [0.2, 0.25) is 0 Å². The summed E-state index contributed by atoms with van der Waals surface area (Å²) in [6.07, 6.45) is 3.13. The minimum Gasteiger partial charge on any atom is -0.380 e. The van der Waals surface area contributed by atoms with Gasteiger partial charge in [-0.15, -0.1) is 5.10 Å². The van der Waals surface area contributed by atoms with Crippen molar-refractivity contribution in [3.05, 3.63) is 11.9 Å². The Kier molecular flexibility index (Phi) is 4.90. The zero-order valence-electron chi connectivity index (χ0n) is 10.4.